The molecule has 0 radical (unpaired) electrons. The van der Waals surface area contributed by atoms with Gasteiger partial charge in [0.2, 0.25) is 0 Å². The van der Waals surface area contributed by atoms with Crippen molar-refractivity contribution in [2.75, 3.05) is 13.1 Å². The zero-order chi connectivity index (χ0) is 16.4. The zero-order valence-corrected chi connectivity index (χ0v) is 12.9. The van der Waals surface area contributed by atoms with Crippen LogP contribution < -0.4 is 0 Å². The molecule has 1 N–H and O–H groups in total. The van der Waals surface area contributed by atoms with Crippen molar-refractivity contribution in [3.63, 3.8) is 0 Å². The van der Waals surface area contributed by atoms with Crippen LogP contribution in [0.5, 0.6) is 0 Å². The molecule has 2 atom stereocenters. The standard InChI is InChI=1S/C17H19FN2O3/c1-11-6-13(17(21)22)9-20(8-11)10-15-7-16(19-23-15)12-2-4-14(18)5-3-12/h2-5,7,11,13H,6,8-10H2,1H3,(H,21,22). The van der Waals surface area contributed by atoms with Gasteiger partial charge in [0.1, 0.15) is 11.5 Å². The van der Waals surface area contributed by atoms with E-state index in [0.717, 1.165) is 12.1 Å². The molecule has 1 saturated heterocycles. The van der Waals surface area contributed by atoms with Crippen LogP contribution in [0.15, 0.2) is 34.9 Å². The van der Waals surface area contributed by atoms with Gasteiger partial charge in [-0.25, -0.2) is 4.39 Å². The lowest BCUT2D eigenvalue weighted by atomic mass is 9.90. The quantitative estimate of drug-likeness (QED) is 0.938. The summed E-state index contributed by atoms with van der Waals surface area (Å²) in [6, 6.07) is 7.89. The van der Waals surface area contributed by atoms with Crippen molar-refractivity contribution in [3.8, 4) is 11.3 Å². The largest absolute Gasteiger partial charge is 0.481 e. The average molecular weight is 318 g/mol. The van der Waals surface area contributed by atoms with Crippen molar-refractivity contribution in [2.24, 2.45) is 11.8 Å². The normalized spacial score (nSPS) is 22.2. The monoisotopic (exact) mass is 318 g/mol. The molecule has 1 fully saturated rings. The average Bonchev–Trinajstić information content (AvgIpc) is 2.95. The minimum atomic E-state index is -0.744. The molecule has 2 unspecified atom stereocenters. The van der Waals surface area contributed by atoms with E-state index in [1.165, 1.54) is 12.1 Å². The van der Waals surface area contributed by atoms with Crippen molar-refractivity contribution >= 4 is 5.97 Å². The summed E-state index contributed by atoms with van der Waals surface area (Å²) in [5.74, 6) is -0.351. The van der Waals surface area contributed by atoms with Gasteiger partial charge in [-0.3, -0.25) is 9.69 Å². The Balaban J connectivity index is 1.69. The molecule has 0 bridgehead atoms. The Morgan fingerprint density at radius 2 is 2.13 bits per heavy atom. The van der Waals surface area contributed by atoms with E-state index in [9.17, 15) is 14.3 Å². The van der Waals surface area contributed by atoms with Crippen LogP contribution in [0.2, 0.25) is 0 Å². The number of aliphatic carboxylic acids is 1. The lowest BCUT2D eigenvalue weighted by Crippen LogP contribution is -2.41. The number of carboxylic acids is 1. The van der Waals surface area contributed by atoms with Gasteiger partial charge in [0, 0.05) is 24.7 Å². The zero-order valence-electron chi connectivity index (χ0n) is 12.9. The molecular formula is C17H19FN2O3. The summed E-state index contributed by atoms with van der Waals surface area (Å²) >= 11 is 0. The van der Waals surface area contributed by atoms with E-state index in [2.05, 4.69) is 17.0 Å². The molecule has 2 aromatic rings. The smallest absolute Gasteiger partial charge is 0.307 e. The topological polar surface area (TPSA) is 66.6 Å². The third-order valence-electron chi connectivity index (χ3n) is 4.16. The molecule has 1 aliphatic rings. The second-order valence-electron chi connectivity index (χ2n) is 6.26. The summed E-state index contributed by atoms with van der Waals surface area (Å²) in [7, 11) is 0. The minimum Gasteiger partial charge on any atom is -0.481 e. The number of halogens is 1. The Hall–Kier alpha value is -2.21. The lowest BCUT2D eigenvalue weighted by molar-refractivity contribution is -0.144. The van der Waals surface area contributed by atoms with E-state index in [1.54, 1.807) is 12.1 Å². The molecule has 1 aliphatic heterocycles. The molecule has 6 heteroatoms. The molecule has 0 aliphatic carbocycles. The number of piperidine rings is 1. The first-order valence-corrected chi connectivity index (χ1v) is 7.68. The third kappa shape index (κ3) is 3.76. The number of carbonyl (C=O) groups is 1. The maximum absolute atomic E-state index is 13.0. The van der Waals surface area contributed by atoms with E-state index in [-0.39, 0.29) is 11.7 Å². The highest BCUT2D eigenvalue weighted by molar-refractivity contribution is 5.70. The molecule has 1 aromatic carbocycles. The Bertz CT molecular complexity index is 683. The van der Waals surface area contributed by atoms with Crippen LogP contribution in [0.1, 0.15) is 19.1 Å². The van der Waals surface area contributed by atoms with E-state index in [0.29, 0.717) is 36.9 Å². The first kappa shape index (κ1) is 15.7. The Morgan fingerprint density at radius 3 is 2.83 bits per heavy atom. The molecule has 0 amide bonds. The van der Waals surface area contributed by atoms with Crippen LogP contribution in [0.4, 0.5) is 4.39 Å². The van der Waals surface area contributed by atoms with Crippen molar-refractivity contribution in [2.45, 2.75) is 19.9 Å². The Kier molecular flexibility index (Phi) is 4.43. The van der Waals surface area contributed by atoms with Crippen molar-refractivity contribution in [3.05, 3.63) is 41.9 Å². The Labute approximate surface area is 133 Å². The van der Waals surface area contributed by atoms with Gasteiger partial charge in [-0.1, -0.05) is 12.1 Å². The number of hydrogen-bond acceptors (Lipinski definition) is 4. The van der Waals surface area contributed by atoms with E-state index < -0.39 is 5.97 Å². The van der Waals surface area contributed by atoms with Crippen LogP contribution in [-0.4, -0.2) is 34.2 Å². The number of hydrogen-bond donors (Lipinski definition) is 1. The van der Waals surface area contributed by atoms with Crippen LogP contribution >= 0.6 is 0 Å². The first-order valence-electron chi connectivity index (χ1n) is 7.68. The maximum Gasteiger partial charge on any atom is 0.307 e. The van der Waals surface area contributed by atoms with Crippen LogP contribution in [-0.2, 0) is 11.3 Å². The second-order valence-corrected chi connectivity index (χ2v) is 6.26. The fraction of sp³-hybridized carbons (Fsp3) is 0.412. The van der Waals surface area contributed by atoms with Crippen molar-refractivity contribution in [1.82, 2.24) is 10.1 Å². The third-order valence-corrected chi connectivity index (χ3v) is 4.16. The van der Waals surface area contributed by atoms with Gasteiger partial charge in [0.15, 0.2) is 5.76 Å². The Morgan fingerprint density at radius 1 is 1.39 bits per heavy atom. The fourth-order valence-electron chi connectivity index (χ4n) is 3.13. The minimum absolute atomic E-state index is 0.292. The van der Waals surface area contributed by atoms with Crippen molar-refractivity contribution < 1.29 is 18.8 Å². The van der Waals surface area contributed by atoms with Crippen LogP contribution in [0, 0.1) is 17.7 Å². The van der Waals surface area contributed by atoms with Gasteiger partial charge >= 0.3 is 5.97 Å². The van der Waals surface area contributed by atoms with E-state index in [4.69, 9.17) is 4.52 Å². The summed E-state index contributed by atoms with van der Waals surface area (Å²) in [5.41, 5.74) is 1.44. The summed E-state index contributed by atoms with van der Waals surface area (Å²) in [6.07, 6.45) is 0.711. The predicted molar refractivity (Wildman–Crippen MR) is 82.1 cm³/mol. The van der Waals surface area contributed by atoms with Gasteiger partial charge in [0.05, 0.1) is 12.5 Å². The number of carboxylic acid groups (broad SMARTS) is 1. The number of likely N-dealkylation sites (tertiary alicyclic amines) is 1. The van der Waals surface area contributed by atoms with Gasteiger partial charge < -0.3 is 9.63 Å². The second kappa shape index (κ2) is 6.50. The highest BCUT2D eigenvalue weighted by atomic mass is 19.1. The molecule has 23 heavy (non-hydrogen) atoms. The van der Waals surface area contributed by atoms with Gasteiger partial charge in [-0.05, 0) is 36.6 Å². The van der Waals surface area contributed by atoms with Crippen LogP contribution in [0.3, 0.4) is 0 Å². The maximum atomic E-state index is 13.0. The number of aromatic nitrogens is 1. The van der Waals surface area contributed by atoms with E-state index >= 15 is 0 Å². The van der Waals surface area contributed by atoms with Gasteiger partial charge in [-0.15, -0.1) is 0 Å². The van der Waals surface area contributed by atoms with Gasteiger partial charge in [-0.2, -0.15) is 0 Å². The predicted octanol–water partition coefficient (Wildman–Crippen LogP) is 3.02. The van der Waals surface area contributed by atoms with Gasteiger partial charge in [0.25, 0.3) is 0 Å². The molecule has 0 spiro atoms. The molecule has 5 nitrogen and oxygen atoms in total. The first-order chi connectivity index (χ1) is 11.0. The van der Waals surface area contributed by atoms with Crippen LogP contribution in [0.25, 0.3) is 11.3 Å². The summed E-state index contributed by atoms with van der Waals surface area (Å²) in [4.78, 5) is 13.3. The number of benzene rings is 1. The summed E-state index contributed by atoms with van der Waals surface area (Å²) in [5, 5.41) is 13.2. The lowest BCUT2D eigenvalue weighted by Gasteiger charge is -2.33. The van der Waals surface area contributed by atoms with Crippen molar-refractivity contribution in [1.29, 1.82) is 0 Å². The molecule has 1 aromatic heterocycles. The summed E-state index contributed by atoms with van der Waals surface area (Å²) in [6.45, 7) is 3.96. The molecule has 122 valence electrons. The molecule has 3 rings (SSSR count). The van der Waals surface area contributed by atoms with E-state index in [1.807, 2.05) is 6.07 Å². The highest BCUT2D eigenvalue weighted by Gasteiger charge is 2.29. The fourth-order valence-corrected chi connectivity index (χ4v) is 3.13. The summed E-state index contributed by atoms with van der Waals surface area (Å²) < 4.78 is 18.3. The highest BCUT2D eigenvalue weighted by Crippen LogP contribution is 2.25. The molecule has 0 saturated carbocycles. The molecule has 2 heterocycles. The SMILES string of the molecule is CC1CC(C(=O)O)CN(Cc2cc(-c3ccc(F)cc3)no2)C1. The molecular weight excluding hydrogens is 299 g/mol. The number of rotatable bonds is 4. The number of nitrogens with zero attached hydrogens (tertiary/aromatic N) is 2.